The quantitative estimate of drug-likeness (QED) is 0.365. The molecule has 0 unspecified atom stereocenters. The zero-order valence-corrected chi connectivity index (χ0v) is 15.4. The van der Waals surface area contributed by atoms with Crippen molar-refractivity contribution in [2.24, 2.45) is 10.9 Å². The number of rotatable bonds is 2. The summed E-state index contributed by atoms with van der Waals surface area (Å²) < 4.78 is 10.6. The summed E-state index contributed by atoms with van der Waals surface area (Å²) in [5.74, 6) is -0.0902. The van der Waals surface area contributed by atoms with Crippen molar-refractivity contribution in [1.29, 1.82) is 0 Å². The second kappa shape index (κ2) is 7.42. The van der Waals surface area contributed by atoms with E-state index < -0.39 is 23.4 Å². The maximum Gasteiger partial charge on any atom is 0.424 e. The van der Waals surface area contributed by atoms with E-state index in [-0.39, 0.29) is 11.5 Å². The summed E-state index contributed by atoms with van der Waals surface area (Å²) in [6, 6.07) is 5.96. The third kappa shape index (κ3) is 6.33. The number of carbonyl (C=O) groups excluding carboxylic acids is 2. The predicted octanol–water partition coefficient (Wildman–Crippen LogP) is 3.46. The van der Waals surface area contributed by atoms with Gasteiger partial charge in [0.25, 0.3) is 0 Å². The molecular formula is C17H25N3O5. The van der Waals surface area contributed by atoms with Crippen molar-refractivity contribution >= 4 is 23.7 Å². The largest absolute Gasteiger partial charge is 0.443 e. The van der Waals surface area contributed by atoms with Crippen LogP contribution < -0.4 is 10.6 Å². The lowest BCUT2D eigenvalue weighted by Gasteiger charge is -2.28. The van der Waals surface area contributed by atoms with Gasteiger partial charge in [0.1, 0.15) is 11.2 Å². The standard InChI is InChI=1S/C17H25N3O5/c1-16(2,3)24-14(21)20(15(22)25-17(4,5)6)12-9-7-11(8-10-12)13(18)19-23/h7-10,23H,1-6H3,(H2,18,19). The number of benzene rings is 1. The van der Waals surface area contributed by atoms with Gasteiger partial charge >= 0.3 is 12.2 Å². The number of oxime groups is 1. The van der Waals surface area contributed by atoms with E-state index in [0.29, 0.717) is 5.56 Å². The second-order valence-corrected chi connectivity index (χ2v) is 7.33. The number of nitrogens with two attached hydrogens (primary N) is 1. The van der Waals surface area contributed by atoms with Gasteiger partial charge in [-0.2, -0.15) is 4.90 Å². The Labute approximate surface area is 147 Å². The predicted molar refractivity (Wildman–Crippen MR) is 93.9 cm³/mol. The molecule has 0 spiro atoms. The normalized spacial score (nSPS) is 12.5. The number of imide groups is 1. The number of anilines is 1. The first kappa shape index (κ1) is 20.3. The van der Waals surface area contributed by atoms with Crippen LogP contribution in [0.25, 0.3) is 0 Å². The highest BCUT2D eigenvalue weighted by atomic mass is 16.6. The second-order valence-electron chi connectivity index (χ2n) is 7.33. The molecule has 0 heterocycles. The zero-order chi connectivity index (χ0) is 19.4. The van der Waals surface area contributed by atoms with Gasteiger partial charge in [0.05, 0.1) is 5.69 Å². The number of ether oxygens (including phenoxy) is 2. The van der Waals surface area contributed by atoms with Crippen LogP contribution in [0.4, 0.5) is 15.3 Å². The van der Waals surface area contributed by atoms with E-state index in [1.807, 2.05) is 0 Å². The monoisotopic (exact) mass is 351 g/mol. The Hall–Kier alpha value is -2.77. The van der Waals surface area contributed by atoms with Gasteiger partial charge in [-0.25, -0.2) is 9.59 Å². The Morgan fingerprint density at radius 3 is 1.68 bits per heavy atom. The number of amidine groups is 1. The van der Waals surface area contributed by atoms with Gasteiger partial charge in [0.15, 0.2) is 5.84 Å². The molecule has 8 nitrogen and oxygen atoms in total. The first-order valence-corrected chi connectivity index (χ1v) is 7.68. The van der Waals surface area contributed by atoms with Crippen molar-refractivity contribution in [1.82, 2.24) is 0 Å². The molecule has 25 heavy (non-hydrogen) atoms. The molecule has 138 valence electrons. The highest BCUT2D eigenvalue weighted by Gasteiger charge is 2.32. The van der Waals surface area contributed by atoms with Crippen LogP contribution in [-0.2, 0) is 9.47 Å². The van der Waals surface area contributed by atoms with Crippen LogP contribution in [-0.4, -0.2) is 34.4 Å². The lowest BCUT2D eigenvalue weighted by molar-refractivity contribution is 0.0431. The molecule has 0 saturated heterocycles. The topological polar surface area (TPSA) is 114 Å². The molecule has 0 aromatic heterocycles. The van der Waals surface area contributed by atoms with E-state index in [1.54, 1.807) is 41.5 Å². The zero-order valence-electron chi connectivity index (χ0n) is 15.4. The van der Waals surface area contributed by atoms with Gasteiger partial charge in [0, 0.05) is 5.56 Å². The Morgan fingerprint density at radius 2 is 1.36 bits per heavy atom. The number of hydrogen-bond donors (Lipinski definition) is 2. The molecule has 3 N–H and O–H groups in total. The summed E-state index contributed by atoms with van der Waals surface area (Å²) in [6.07, 6.45) is -1.73. The summed E-state index contributed by atoms with van der Waals surface area (Å²) >= 11 is 0. The Morgan fingerprint density at radius 1 is 0.960 bits per heavy atom. The highest BCUT2D eigenvalue weighted by molar-refractivity contribution is 6.09. The summed E-state index contributed by atoms with van der Waals surface area (Å²) in [6.45, 7) is 10.2. The van der Waals surface area contributed by atoms with Gasteiger partial charge < -0.3 is 20.4 Å². The summed E-state index contributed by atoms with van der Waals surface area (Å²) in [5, 5.41) is 11.6. The smallest absolute Gasteiger partial charge is 0.424 e. The average molecular weight is 351 g/mol. The highest BCUT2D eigenvalue weighted by Crippen LogP contribution is 2.22. The van der Waals surface area contributed by atoms with Crippen LogP contribution in [0.3, 0.4) is 0 Å². The SMILES string of the molecule is CC(C)(C)OC(=O)N(C(=O)OC(C)(C)C)c1ccc(C(N)=NO)cc1. The maximum atomic E-state index is 12.5. The fourth-order valence-corrected chi connectivity index (χ4v) is 1.74. The van der Waals surface area contributed by atoms with Crippen LogP contribution in [0.5, 0.6) is 0 Å². The lowest BCUT2D eigenvalue weighted by atomic mass is 10.2. The van der Waals surface area contributed by atoms with Crippen molar-refractivity contribution in [3.05, 3.63) is 29.8 Å². The van der Waals surface area contributed by atoms with Crippen molar-refractivity contribution in [3.8, 4) is 0 Å². The third-order valence-electron chi connectivity index (χ3n) is 2.68. The van der Waals surface area contributed by atoms with Gasteiger partial charge in [-0.1, -0.05) is 5.16 Å². The van der Waals surface area contributed by atoms with E-state index in [9.17, 15) is 9.59 Å². The molecule has 0 atom stereocenters. The molecule has 1 rings (SSSR count). The van der Waals surface area contributed by atoms with E-state index in [4.69, 9.17) is 20.4 Å². The number of amides is 2. The van der Waals surface area contributed by atoms with Gasteiger partial charge in [-0.3, -0.25) is 0 Å². The van der Waals surface area contributed by atoms with Crippen molar-refractivity contribution < 1.29 is 24.3 Å². The molecule has 2 amide bonds. The average Bonchev–Trinajstić information content (AvgIpc) is 2.43. The molecular weight excluding hydrogens is 326 g/mol. The van der Waals surface area contributed by atoms with Crippen LogP contribution in [0.2, 0.25) is 0 Å². The first-order chi connectivity index (χ1) is 11.3. The number of nitrogens with zero attached hydrogens (tertiary/aromatic N) is 2. The third-order valence-corrected chi connectivity index (χ3v) is 2.68. The fourth-order valence-electron chi connectivity index (χ4n) is 1.74. The number of carbonyl (C=O) groups is 2. The summed E-state index contributed by atoms with van der Waals surface area (Å²) in [7, 11) is 0. The van der Waals surface area contributed by atoms with Crippen molar-refractivity contribution in [2.75, 3.05) is 4.90 Å². The van der Waals surface area contributed by atoms with Crippen LogP contribution in [0.15, 0.2) is 29.4 Å². The van der Waals surface area contributed by atoms with Crippen LogP contribution in [0, 0.1) is 0 Å². The molecule has 0 aliphatic rings. The van der Waals surface area contributed by atoms with E-state index in [0.717, 1.165) is 4.90 Å². The minimum Gasteiger partial charge on any atom is -0.443 e. The number of hydrogen-bond acceptors (Lipinski definition) is 6. The lowest BCUT2D eigenvalue weighted by Crippen LogP contribution is -2.43. The minimum atomic E-state index is -0.863. The fraction of sp³-hybridized carbons (Fsp3) is 0.471. The molecule has 1 aromatic rings. The Kier molecular flexibility index (Phi) is 6.01. The van der Waals surface area contributed by atoms with Crippen molar-refractivity contribution in [2.45, 2.75) is 52.7 Å². The summed E-state index contributed by atoms with van der Waals surface area (Å²) in [5.41, 5.74) is 4.60. The molecule has 0 bridgehead atoms. The molecule has 0 radical (unpaired) electrons. The van der Waals surface area contributed by atoms with Gasteiger partial charge in [-0.05, 0) is 65.8 Å². The van der Waals surface area contributed by atoms with Crippen molar-refractivity contribution in [3.63, 3.8) is 0 Å². The van der Waals surface area contributed by atoms with Gasteiger partial charge in [-0.15, -0.1) is 0 Å². The molecule has 0 fully saturated rings. The minimum absolute atomic E-state index is 0.0902. The van der Waals surface area contributed by atoms with Gasteiger partial charge in [0.2, 0.25) is 0 Å². The Balaban J connectivity index is 3.22. The Bertz CT molecular complexity index is 626. The molecule has 0 aliphatic heterocycles. The summed E-state index contributed by atoms with van der Waals surface area (Å²) in [4.78, 5) is 25.8. The van der Waals surface area contributed by atoms with E-state index in [2.05, 4.69) is 5.16 Å². The van der Waals surface area contributed by atoms with E-state index in [1.165, 1.54) is 24.3 Å². The van der Waals surface area contributed by atoms with Crippen LogP contribution >= 0.6 is 0 Å². The maximum absolute atomic E-state index is 12.5. The molecule has 8 heteroatoms. The van der Waals surface area contributed by atoms with Crippen LogP contribution in [0.1, 0.15) is 47.1 Å². The van der Waals surface area contributed by atoms with E-state index >= 15 is 0 Å². The molecule has 0 aliphatic carbocycles. The first-order valence-electron chi connectivity index (χ1n) is 7.68. The molecule has 1 aromatic carbocycles. The molecule has 0 saturated carbocycles.